The van der Waals surface area contributed by atoms with E-state index in [1.165, 1.54) is 10.8 Å². The zero-order valence-electron chi connectivity index (χ0n) is 10.8. The minimum absolute atomic E-state index is 0.215. The van der Waals surface area contributed by atoms with E-state index < -0.39 is 0 Å². The highest BCUT2D eigenvalue weighted by atomic mass is 79.9. The van der Waals surface area contributed by atoms with Crippen LogP contribution in [0, 0.1) is 0 Å². The second-order valence-electron chi connectivity index (χ2n) is 4.38. The van der Waals surface area contributed by atoms with Crippen molar-refractivity contribution in [3.63, 3.8) is 0 Å². The van der Waals surface area contributed by atoms with Gasteiger partial charge >= 0.3 is 0 Å². The van der Waals surface area contributed by atoms with Crippen LogP contribution in [0.1, 0.15) is 10.6 Å². The van der Waals surface area contributed by atoms with Gasteiger partial charge in [0.2, 0.25) is 0 Å². The third-order valence-electron chi connectivity index (χ3n) is 3.02. The lowest BCUT2D eigenvalue weighted by atomic mass is 10.3. The van der Waals surface area contributed by atoms with Crippen LogP contribution >= 0.6 is 15.9 Å². The number of aromatic nitrogens is 1. The number of hydrogen-bond donors (Lipinski definition) is 1. The number of nitrogens with one attached hydrogen (secondary N) is 1. The average Bonchev–Trinajstić information content (AvgIpc) is 3.10. The van der Waals surface area contributed by atoms with E-state index in [2.05, 4.69) is 21.2 Å². The van der Waals surface area contributed by atoms with Gasteiger partial charge in [0.05, 0.1) is 6.26 Å². The van der Waals surface area contributed by atoms with Gasteiger partial charge in [0, 0.05) is 24.7 Å². The van der Waals surface area contributed by atoms with Gasteiger partial charge < -0.3 is 18.7 Å². The Hall–Kier alpha value is -2.28. The molecule has 0 atom stereocenters. The first-order valence-electron chi connectivity index (χ1n) is 6.25. The molecule has 0 bridgehead atoms. The van der Waals surface area contributed by atoms with E-state index in [1.54, 1.807) is 30.5 Å². The summed E-state index contributed by atoms with van der Waals surface area (Å²) in [4.78, 5) is 23.8. The molecule has 3 aromatic rings. The topological polar surface area (TPSA) is 77.4 Å². The van der Waals surface area contributed by atoms with Gasteiger partial charge in [0.25, 0.3) is 11.5 Å². The van der Waals surface area contributed by atoms with Crippen molar-refractivity contribution in [2.24, 2.45) is 0 Å². The molecule has 0 radical (unpaired) electrons. The molecule has 0 saturated heterocycles. The molecule has 0 unspecified atom stereocenters. The minimum atomic E-state index is -0.326. The van der Waals surface area contributed by atoms with Crippen molar-refractivity contribution in [2.75, 3.05) is 6.54 Å². The quantitative estimate of drug-likeness (QED) is 0.783. The number of furan rings is 2. The van der Waals surface area contributed by atoms with Crippen molar-refractivity contribution >= 4 is 32.8 Å². The van der Waals surface area contributed by atoms with Gasteiger partial charge in [-0.3, -0.25) is 9.59 Å². The molecule has 3 aromatic heterocycles. The Morgan fingerprint density at radius 3 is 2.90 bits per heavy atom. The summed E-state index contributed by atoms with van der Waals surface area (Å²) in [6.07, 6.45) is 3.16. The number of fused-ring (bicyclic) bond motifs is 1. The number of halogens is 1. The van der Waals surface area contributed by atoms with Gasteiger partial charge in [-0.05, 0) is 40.2 Å². The summed E-state index contributed by atoms with van der Waals surface area (Å²) in [5, 5.41) is 3.45. The van der Waals surface area contributed by atoms with Gasteiger partial charge in [-0.15, -0.1) is 0 Å². The van der Waals surface area contributed by atoms with Crippen LogP contribution in [0.3, 0.4) is 0 Å². The minimum Gasteiger partial charge on any atom is -0.459 e. The fourth-order valence-electron chi connectivity index (χ4n) is 1.98. The van der Waals surface area contributed by atoms with E-state index in [-0.39, 0.29) is 17.2 Å². The van der Waals surface area contributed by atoms with Crippen LogP contribution in [0.2, 0.25) is 0 Å². The molecule has 3 heterocycles. The van der Waals surface area contributed by atoms with Gasteiger partial charge in [-0.2, -0.15) is 0 Å². The second-order valence-corrected chi connectivity index (χ2v) is 5.16. The summed E-state index contributed by atoms with van der Waals surface area (Å²) >= 11 is 3.13. The molecule has 0 spiro atoms. The zero-order valence-corrected chi connectivity index (χ0v) is 12.4. The number of carbonyl (C=O) groups excluding carboxylic acids is 1. The van der Waals surface area contributed by atoms with Crippen LogP contribution in [-0.2, 0) is 6.54 Å². The summed E-state index contributed by atoms with van der Waals surface area (Å²) in [6, 6.07) is 6.74. The van der Waals surface area contributed by atoms with Gasteiger partial charge in [0.1, 0.15) is 0 Å². The molecular weight excluding hydrogens is 340 g/mol. The van der Waals surface area contributed by atoms with Gasteiger partial charge in [0.15, 0.2) is 16.0 Å². The Kier molecular flexibility index (Phi) is 3.66. The normalized spacial score (nSPS) is 10.9. The maximum atomic E-state index is 12.1. The summed E-state index contributed by atoms with van der Waals surface area (Å²) in [6.45, 7) is 0.659. The van der Waals surface area contributed by atoms with Gasteiger partial charge in [-0.1, -0.05) is 0 Å². The van der Waals surface area contributed by atoms with Crippen molar-refractivity contribution in [2.45, 2.75) is 6.54 Å². The van der Waals surface area contributed by atoms with Crippen molar-refractivity contribution in [3.05, 3.63) is 57.5 Å². The Bertz CT molecular complexity index is 846. The third kappa shape index (κ3) is 2.78. The highest BCUT2D eigenvalue weighted by Gasteiger charge is 2.10. The lowest BCUT2D eigenvalue weighted by Gasteiger charge is -2.06. The number of amides is 1. The molecule has 7 heteroatoms. The lowest BCUT2D eigenvalue weighted by molar-refractivity contribution is 0.0923. The first-order chi connectivity index (χ1) is 10.1. The van der Waals surface area contributed by atoms with Crippen molar-refractivity contribution < 1.29 is 13.6 Å². The summed E-state index contributed by atoms with van der Waals surface area (Å²) in [5.74, 6) is -0.108. The molecule has 0 fully saturated rings. The maximum absolute atomic E-state index is 12.1. The Labute approximate surface area is 127 Å². The maximum Gasteiger partial charge on any atom is 0.294 e. The van der Waals surface area contributed by atoms with Crippen LogP contribution in [0.15, 0.2) is 55.0 Å². The van der Waals surface area contributed by atoms with E-state index in [0.717, 1.165) is 5.39 Å². The first-order valence-corrected chi connectivity index (χ1v) is 7.04. The van der Waals surface area contributed by atoms with E-state index in [0.29, 0.717) is 23.3 Å². The molecule has 108 valence electrons. The number of pyridine rings is 1. The van der Waals surface area contributed by atoms with E-state index in [1.807, 2.05) is 0 Å². The number of carbonyl (C=O) groups is 1. The molecular formula is C14H11BrN2O4. The predicted octanol–water partition coefficient (Wildman–Crippen LogP) is 2.38. The first kappa shape index (κ1) is 13.7. The van der Waals surface area contributed by atoms with Crippen LogP contribution in [0.5, 0.6) is 0 Å². The Balaban J connectivity index is 1.65. The predicted molar refractivity (Wildman–Crippen MR) is 79.2 cm³/mol. The van der Waals surface area contributed by atoms with Gasteiger partial charge in [-0.25, -0.2) is 0 Å². The SMILES string of the molecule is O=C(NCCn1ccc2ccoc2c1=O)c1ccc(Br)o1. The molecule has 0 saturated carbocycles. The summed E-state index contributed by atoms with van der Waals surface area (Å²) in [5.41, 5.74) is 0.103. The van der Waals surface area contributed by atoms with Crippen LogP contribution < -0.4 is 10.9 Å². The van der Waals surface area contributed by atoms with E-state index in [9.17, 15) is 9.59 Å². The van der Waals surface area contributed by atoms with Crippen LogP contribution in [-0.4, -0.2) is 17.0 Å². The average molecular weight is 351 g/mol. The molecule has 6 nitrogen and oxygen atoms in total. The highest BCUT2D eigenvalue weighted by Crippen LogP contribution is 2.13. The second kappa shape index (κ2) is 5.61. The fraction of sp³-hybridized carbons (Fsp3) is 0.143. The molecule has 1 amide bonds. The monoisotopic (exact) mass is 350 g/mol. The van der Waals surface area contributed by atoms with Crippen molar-refractivity contribution in [1.82, 2.24) is 9.88 Å². The molecule has 21 heavy (non-hydrogen) atoms. The standard InChI is InChI=1S/C14H11BrN2O4/c15-11-2-1-10(21-11)13(18)16-5-7-17-6-3-9-4-8-20-12(9)14(17)19/h1-4,6,8H,5,7H2,(H,16,18). The Morgan fingerprint density at radius 2 is 2.14 bits per heavy atom. The van der Waals surface area contributed by atoms with Crippen molar-refractivity contribution in [1.29, 1.82) is 0 Å². The van der Waals surface area contributed by atoms with Crippen LogP contribution in [0.25, 0.3) is 11.0 Å². The number of rotatable bonds is 4. The largest absolute Gasteiger partial charge is 0.459 e. The highest BCUT2D eigenvalue weighted by molar-refractivity contribution is 9.10. The fourth-order valence-corrected chi connectivity index (χ4v) is 2.29. The number of hydrogen-bond acceptors (Lipinski definition) is 4. The van der Waals surface area contributed by atoms with Crippen LogP contribution in [0.4, 0.5) is 0 Å². The molecule has 0 aliphatic carbocycles. The molecule has 1 N–H and O–H groups in total. The van der Waals surface area contributed by atoms with Crippen molar-refractivity contribution in [3.8, 4) is 0 Å². The molecule has 0 aliphatic heterocycles. The smallest absolute Gasteiger partial charge is 0.294 e. The number of nitrogens with zero attached hydrogens (tertiary/aromatic N) is 1. The third-order valence-corrected chi connectivity index (χ3v) is 3.45. The molecule has 0 aromatic carbocycles. The summed E-state index contributed by atoms with van der Waals surface area (Å²) in [7, 11) is 0. The molecule has 0 aliphatic rings. The Morgan fingerprint density at radius 1 is 1.29 bits per heavy atom. The lowest BCUT2D eigenvalue weighted by Crippen LogP contribution is -2.30. The van der Waals surface area contributed by atoms with E-state index >= 15 is 0 Å². The zero-order chi connectivity index (χ0) is 14.8. The van der Waals surface area contributed by atoms with E-state index in [4.69, 9.17) is 8.83 Å². The summed E-state index contributed by atoms with van der Waals surface area (Å²) < 4.78 is 12.3. The molecule has 3 rings (SSSR count).